The van der Waals surface area contributed by atoms with Crippen LogP contribution in [0.2, 0.25) is 4.34 Å². The van der Waals surface area contributed by atoms with Gasteiger partial charge in [0, 0.05) is 29.0 Å². The number of hydrogen-bond donors (Lipinski definition) is 1. The molecule has 3 heterocycles. The van der Waals surface area contributed by atoms with Crippen LogP contribution in [0.5, 0.6) is 0 Å². The number of rotatable bonds is 3. The van der Waals surface area contributed by atoms with Gasteiger partial charge in [0.05, 0.1) is 4.34 Å². The van der Waals surface area contributed by atoms with Gasteiger partial charge in [0.2, 0.25) is 0 Å². The molecule has 2 nitrogen and oxygen atoms in total. The molecule has 3 atom stereocenters. The normalized spacial score (nSPS) is 33.3. The SMILES string of the molecule is CC(NC1CC2CCCC(C1)N2C)c1ccc(Cl)s1. The molecule has 3 unspecified atom stereocenters. The van der Waals surface area contributed by atoms with E-state index >= 15 is 0 Å². The molecule has 106 valence electrons. The van der Waals surface area contributed by atoms with Gasteiger partial charge in [-0.3, -0.25) is 0 Å². The molecule has 0 spiro atoms. The summed E-state index contributed by atoms with van der Waals surface area (Å²) in [5, 5.41) is 3.82. The minimum Gasteiger partial charge on any atom is -0.307 e. The molecule has 0 radical (unpaired) electrons. The molecule has 1 aromatic rings. The molecule has 1 aromatic heterocycles. The molecular weight excluding hydrogens is 276 g/mol. The van der Waals surface area contributed by atoms with E-state index in [9.17, 15) is 0 Å². The van der Waals surface area contributed by atoms with E-state index in [0.717, 1.165) is 16.4 Å². The number of thiophene rings is 1. The Morgan fingerprint density at radius 3 is 2.58 bits per heavy atom. The molecule has 0 aliphatic carbocycles. The van der Waals surface area contributed by atoms with Crippen LogP contribution >= 0.6 is 22.9 Å². The van der Waals surface area contributed by atoms with Crippen LogP contribution in [0.15, 0.2) is 12.1 Å². The lowest BCUT2D eigenvalue weighted by Gasteiger charge is -2.47. The van der Waals surface area contributed by atoms with Crippen molar-refractivity contribution < 1.29 is 0 Å². The number of nitrogens with one attached hydrogen (secondary N) is 1. The molecule has 1 N–H and O–H groups in total. The van der Waals surface area contributed by atoms with E-state index in [4.69, 9.17) is 11.6 Å². The van der Waals surface area contributed by atoms with Crippen LogP contribution in [0.1, 0.15) is 49.9 Å². The lowest BCUT2D eigenvalue weighted by molar-refractivity contribution is 0.0464. The van der Waals surface area contributed by atoms with Crippen molar-refractivity contribution in [3.8, 4) is 0 Å². The Morgan fingerprint density at radius 2 is 2.00 bits per heavy atom. The van der Waals surface area contributed by atoms with Crippen LogP contribution < -0.4 is 5.32 Å². The predicted octanol–water partition coefficient (Wildman–Crippen LogP) is 4.07. The smallest absolute Gasteiger partial charge is 0.0931 e. The van der Waals surface area contributed by atoms with Gasteiger partial charge in [-0.1, -0.05) is 18.0 Å². The molecule has 0 saturated carbocycles. The maximum absolute atomic E-state index is 6.03. The summed E-state index contributed by atoms with van der Waals surface area (Å²) < 4.78 is 0.892. The molecule has 19 heavy (non-hydrogen) atoms. The molecule has 2 fully saturated rings. The largest absolute Gasteiger partial charge is 0.307 e. The fourth-order valence-corrected chi connectivity index (χ4v) is 4.82. The van der Waals surface area contributed by atoms with Crippen molar-refractivity contribution in [3.05, 3.63) is 21.3 Å². The van der Waals surface area contributed by atoms with Crippen molar-refractivity contribution in [2.45, 2.75) is 63.2 Å². The van der Waals surface area contributed by atoms with Gasteiger partial charge in [0.25, 0.3) is 0 Å². The fourth-order valence-electron chi connectivity index (χ4n) is 3.75. The highest BCUT2D eigenvalue weighted by Crippen LogP contribution is 2.34. The highest BCUT2D eigenvalue weighted by Gasteiger charge is 2.36. The summed E-state index contributed by atoms with van der Waals surface area (Å²) in [7, 11) is 2.31. The van der Waals surface area contributed by atoms with Gasteiger partial charge in [0.15, 0.2) is 0 Å². The van der Waals surface area contributed by atoms with Crippen molar-refractivity contribution in [1.29, 1.82) is 0 Å². The fraction of sp³-hybridized carbons (Fsp3) is 0.733. The Morgan fingerprint density at radius 1 is 1.32 bits per heavy atom. The molecule has 4 heteroatoms. The Balaban J connectivity index is 1.61. The van der Waals surface area contributed by atoms with E-state index < -0.39 is 0 Å². The monoisotopic (exact) mass is 298 g/mol. The van der Waals surface area contributed by atoms with Crippen molar-refractivity contribution in [3.63, 3.8) is 0 Å². The lowest BCUT2D eigenvalue weighted by atomic mass is 9.82. The Bertz CT molecular complexity index is 420. The van der Waals surface area contributed by atoms with E-state index in [1.165, 1.54) is 37.0 Å². The zero-order valence-electron chi connectivity index (χ0n) is 11.7. The van der Waals surface area contributed by atoms with Crippen LogP contribution in [-0.4, -0.2) is 30.1 Å². The van der Waals surface area contributed by atoms with Gasteiger partial charge < -0.3 is 10.2 Å². The van der Waals surface area contributed by atoms with Crippen molar-refractivity contribution in [1.82, 2.24) is 10.2 Å². The quantitative estimate of drug-likeness (QED) is 0.905. The molecular formula is C15H23ClN2S. The van der Waals surface area contributed by atoms with E-state index in [1.807, 2.05) is 6.07 Å². The van der Waals surface area contributed by atoms with Gasteiger partial charge in [-0.25, -0.2) is 0 Å². The summed E-state index contributed by atoms with van der Waals surface area (Å²) >= 11 is 7.73. The van der Waals surface area contributed by atoms with Gasteiger partial charge in [0.1, 0.15) is 0 Å². The van der Waals surface area contributed by atoms with E-state index in [-0.39, 0.29) is 0 Å². The summed E-state index contributed by atoms with van der Waals surface area (Å²) in [5.41, 5.74) is 0. The minimum atomic E-state index is 0.423. The topological polar surface area (TPSA) is 15.3 Å². The molecule has 0 aromatic carbocycles. The average Bonchev–Trinajstić information content (AvgIpc) is 2.77. The van der Waals surface area contributed by atoms with Crippen LogP contribution in [0.3, 0.4) is 0 Å². The van der Waals surface area contributed by atoms with E-state index in [1.54, 1.807) is 11.3 Å². The summed E-state index contributed by atoms with van der Waals surface area (Å²) in [5.74, 6) is 0. The number of piperidine rings is 2. The second-order valence-corrected chi connectivity index (χ2v) is 7.85. The van der Waals surface area contributed by atoms with Gasteiger partial charge in [-0.05, 0) is 51.8 Å². The second-order valence-electron chi connectivity index (χ2n) is 6.10. The Labute approximate surface area is 125 Å². The van der Waals surface area contributed by atoms with Crippen LogP contribution in [-0.2, 0) is 0 Å². The number of halogens is 1. The van der Waals surface area contributed by atoms with E-state index in [0.29, 0.717) is 12.1 Å². The third-order valence-electron chi connectivity index (χ3n) is 4.85. The molecule has 0 amide bonds. The zero-order chi connectivity index (χ0) is 13.4. The lowest BCUT2D eigenvalue weighted by Crippen LogP contribution is -2.54. The summed E-state index contributed by atoms with van der Waals surface area (Å²) in [6, 6.07) is 6.84. The first-order valence-electron chi connectivity index (χ1n) is 7.36. The first-order valence-corrected chi connectivity index (χ1v) is 8.56. The average molecular weight is 299 g/mol. The number of hydrogen-bond acceptors (Lipinski definition) is 3. The molecule has 2 bridgehead atoms. The highest BCUT2D eigenvalue weighted by molar-refractivity contribution is 7.16. The second kappa shape index (κ2) is 5.72. The maximum atomic E-state index is 6.03. The van der Waals surface area contributed by atoms with Crippen LogP contribution in [0, 0.1) is 0 Å². The number of nitrogens with zero attached hydrogens (tertiary/aromatic N) is 1. The van der Waals surface area contributed by atoms with Crippen molar-refractivity contribution in [2.75, 3.05) is 7.05 Å². The Hall–Kier alpha value is -0.0900. The van der Waals surface area contributed by atoms with Crippen LogP contribution in [0.4, 0.5) is 0 Å². The third kappa shape index (κ3) is 2.99. The predicted molar refractivity (Wildman–Crippen MR) is 83.1 cm³/mol. The Kier molecular flexibility index (Phi) is 4.18. The van der Waals surface area contributed by atoms with Gasteiger partial charge in [-0.2, -0.15) is 0 Å². The standard InChI is InChI=1S/C15H23ClN2S/c1-10(14-6-7-15(16)19-14)17-11-8-12-4-3-5-13(9-11)18(12)2/h6-7,10-13,17H,3-5,8-9H2,1-2H3. The molecule has 2 saturated heterocycles. The molecule has 2 aliphatic heterocycles. The van der Waals surface area contributed by atoms with Crippen LogP contribution in [0.25, 0.3) is 0 Å². The minimum absolute atomic E-state index is 0.423. The highest BCUT2D eigenvalue weighted by atomic mass is 35.5. The number of fused-ring (bicyclic) bond motifs is 2. The zero-order valence-corrected chi connectivity index (χ0v) is 13.3. The van der Waals surface area contributed by atoms with Gasteiger partial charge in [-0.15, -0.1) is 11.3 Å². The van der Waals surface area contributed by atoms with E-state index in [2.05, 4.69) is 30.3 Å². The first-order chi connectivity index (χ1) is 9.13. The third-order valence-corrected chi connectivity index (χ3v) is 6.26. The molecule has 2 aliphatic rings. The van der Waals surface area contributed by atoms with Crippen molar-refractivity contribution in [2.24, 2.45) is 0 Å². The molecule has 3 rings (SSSR count). The maximum Gasteiger partial charge on any atom is 0.0931 e. The summed E-state index contributed by atoms with van der Waals surface area (Å²) in [6.45, 7) is 2.26. The summed E-state index contributed by atoms with van der Waals surface area (Å²) in [6.07, 6.45) is 6.78. The van der Waals surface area contributed by atoms with Crippen molar-refractivity contribution >= 4 is 22.9 Å². The summed E-state index contributed by atoms with van der Waals surface area (Å²) in [4.78, 5) is 3.98. The first kappa shape index (κ1) is 13.9. The van der Waals surface area contributed by atoms with Gasteiger partial charge >= 0.3 is 0 Å².